The summed E-state index contributed by atoms with van der Waals surface area (Å²) in [4.78, 5) is 36.1. The average Bonchev–Trinajstić information content (AvgIpc) is 2.72. The van der Waals surface area contributed by atoms with E-state index in [1.54, 1.807) is 18.6 Å². The van der Waals surface area contributed by atoms with Crippen LogP contribution in [0.2, 0.25) is 0 Å². The second kappa shape index (κ2) is 9.12. The van der Waals surface area contributed by atoms with Crippen molar-refractivity contribution >= 4 is 17.7 Å². The maximum Gasteiger partial charge on any atom is 0.323 e. The molecule has 1 saturated heterocycles. The van der Waals surface area contributed by atoms with Crippen LogP contribution >= 0.6 is 0 Å². The highest BCUT2D eigenvalue weighted by Crippen LogP contribution is 2.23. The van der Waals surface area contributed by atoms with E-state index in [1.807, 2.05) is 30.3 Å². The minimum atomic E-state index is -0.978. The summed E-state index contributed by atoms with van der Waals surface area (Å²) in [5.74, 6) is -0.372. The SMILES string of the molecule is O=C(O)CN(CCc1ccccc1)C(=O)C1CCN(c2cnccn2)CC1. The zero-order valence-corrected chi connectivity index (χ0v) is 15.2. The molecular weight excluding hydrogens is 344 g/mol. The van der Waals surface area contributed by atoms with Crippen LogP contribution in [0.3, 0.4) is 0 Å². The lowest BCUT2D eigenvalue weighted by atomic mass is 9.95. The van der Waals surface area contributed by atoms with E-state index in [1.165, 1.54) is 4.90 Å². The fraction of sp³-hybridized carbons (Fsp3) is 0.400. The Morgan fingerprint density at radius 2 is 1.89 bits per heavy atom. The van der Waals surface area contributed by atoms with Gasteiger partial charge < -0.3 is 14.9 Å². The Labute approximate surface area is 158 Å². The van der Waals surface area contributed by atoms with Crippen molar-refractivity contribution in [3.05, 3.63) is 54.5 Å². The summed E-state index contributed by atoms with van der Waals surface area (Å²) < 4.78 is 0. The largest absolute Gasteiger partial charge is 0.480 e. The maximum atomic E-state index is 12.9. The molecule has 1 amide bonds. The lowest BCUT2D eigenvalue weighted by molar-refractivity contribution is -0.146. The zero-order valence-electron chi connectivity index (χ0n) is 15.2. The van der Waals surface area contributed by atoms with Gasteiger partial charge in [0.15, 0.2) is 0 Å². The van der Waals surface area contributed by atoms with Gasteiger partial charge in [-0.2, -0.15) is 0 Å². The number of carboxylic acid groups (broad SMARTS) is 1. The second-order valence-corrected chi connectivity index (χ2v) is 6.71. The van der Waals surface area contributed by atoms with Gasteiger partial charge >= 0.3 is 5.97 Å². The molecule has 2 heterocycles. The van der Waals surface area contributed by atoms with E-state index >= 15 is 0 Å². The summed E-state index contributed by atoms with van der Waals surface area (Å²) in [6.45, 7) is 1.60. The molecule has 0 radical (unpaired) electrons. The van der Waals surface area contributed by atoms with Gasteiger partial charge in [0.1, 0.15) is 12.4 Å². The standard InChI is InChI=1S/C20H24N4O3/c25-19(26)15-24(11-6-16-4-2-1-3-5-16)20(27)17-7-12-23(13-8-17)18-14-21-9-10-22-18/h1-5,9-10,14,17H,6-8,11-13,15H2,(H,25,26). The first-order valence-corrected chi connectivity index (χ1v) is 9.19. The Balaban J connectivity index is 1.58. The number of carbonyl (C=O) groups excluding carboxylic acids is 1. The molecule has 2 aromatic rings. The highest BCUT2D eigenvalue weighted by molar-refractivity contribution is 5.83. The van der Waals surface area contributed by atoms with Crippen molar-refractivity contribution in [2.45, 2.75) is 19.3 Å². The third kappa shape index (κ3) is 5.26. The number of amides is 1. The molecule has 0 unspecified atom stereocenters. The quantitative estimate of drug-likeness (QED) is 0.803. The number of hydrogen-bond donors (Lipinski definition) is 1. The number of aromatic nitrogens is 2. The molecule has 1 aromatic carbocycles. The number of benzene rings is 1. The fourth-order valence-electron chi connectivity index (χ4n) is 3.41. The second-order valence-electron chi connectivity index (χ2n) is 6.71. The highest BCUT2D eigenvalue weighted by Gasteiger charge is 2.29. The topological polar surface area (TPSA) is 86.6 Å². The molecule has 142 valence electrons. The van der Waals surface area contributed by atoms with E-state index in [2.05, 4.69) is 14.9 Å². The summed E-state index contributed by atoms with van der Waals surface area (Å²) in [5, 5.41) is 9.20. The van der Waals surface area contributed by atoms with Crippen molar-refractivity contribution in [2.24, 2.45) is 5.92 Å². The van der Waals surface area contributed by atoms with Crippen molar-refractivity contribution in [1.29, 1.82) is 0 Å². The van der Waals surface area contributed by atoms with E-state index in [0.717, 1.165) is 11.4 Å². The van der Waals surface area contributed by atoms with Crippen molar-refractivity contribution in [3.63, 3.8) is 0 Å². The van der Waals surface area contributed by atoms with E-state index in [0.29, 0.717) is 38.9 Å². The smallest absolute Gasteiger partial charge is 0.323 e. The van der Waals surface area contributed by atoms with Crippen LogP contribution in [0.1, 0.15) is 18.4 Å². The molecule has 27 heavy (non-hydrogen) atoms. The molecule has 7 nitrogen and oxygen atoms in total. The normalized spacial score (nSPS) is 14.7. The van der Waals surface area contributed by atoms with E-state index in [9.17, 15) is 14.7 Å². The Morgan fingerprint density at radius 3 is 2.52 bits per heavy atom. The first kappa shape index (κ1) is 18.8. The van der Waals surface area contributed by atoms with Gasteiger partial charge in [-0.15, -0.1) is 0 Å². The summed E-state index contributed by atoms with van der Waals surface area (Å²) in [6.07, 6.45) is 7.05. The molecule has 1 fully saturated rings. The van der Waals surface area contributed by atoms with E-state index in [4.69, 9.17) is 0 Å². The molecule has 7 heteroatoms. The predicted octanol–water partition coefficient (Wildman–Crippen LogP) is 1.85. The molecule has 0 atom stereocenters. The van der Waals surface area contributed by atoms with Crippen molar-refractivity contribution in [3.8, 4) is 0 Å². The zero-order chi connectivity index (χ0) is 19.1. The molecule has 0 saturated carbocycles. The van der Waals surface area contributed by atoms with Crippen LogP contribution in [0.15, 0.2) is 48.9 Å². The van der Waals surface area contributed by atoms with Crippen LogP contribution in [0.25, 0.3) is 0 Å². The summed E-state index contributed by atoms with van der Waals surface area (Å²) in [5.41, 5.74) is 1.10. The molecule has 1 N–H and O–H groups in total. The Hall–Kier alpha value is -2.96. The molecule has 1 aliphatic rings. The first-order chi connectivity index (χ1) is 13.1. The lowest BCUT2D eigenvalue weighted by Gasteiger charge is -2.34. The van der Waals surface area contributed by atoms with Crippen LogP contribution in [0.5, 0.6) is 0 Å². The van der Waals surface area contributed by atoms with E-state index in [-0.39, 0.29) is 18.4 Å². The van der Waals surface area contributed by atoms with Crippen LogP contribution in [-0.2, 0) is 16.0 Å². The number of nitrogens with zero attached hydrogens (tertiary/aromatic N) is 4. The minimum absolute atomic E-state index is 0.0628. The third-order valence-electron chi connectivity index (χ3n) is 4.87. The molecule has 1 aliphatic heterocycles. The number of piperidine rings is 1. The van der Waals surface area contributed by atoms with Gasteiger partial charge in [0.2, 0.25) is 5.91 Å². The number of aliphatic carboxylic acids is 1. The van der Waals surface area contributed by atoms with Gasteiger partial charge in [-0.1, -0.05) is 30.3 Å². The maximum absolute atomic E-state index is 12.9. The van der Waals surface area contributed by atoms with Crippen LogP contribution in [-0.4, -0.2) is 58.0 Å². The van der Waals surface area contributed by atoms with Crippen LogP contribution in [0, 0.1) is 5.92 Å². The Morgan fingerprint density at radius 1 is 1.15 bits per heavy atom. The highest BCUT2D eigenvalue weighted by atomic mass is 16.4. The summed E-state index contributed by atoms with van der Waals surface area (Å²) in [7, 11) is 0. The number of carbonyl (C=O) groups is 2. The monoisotopic (exact) mass is 368 g/mol. The fourth-order valence-corrected chi connectivity index (χ4v) is 3.41. The first-order valence-electron chi connectivity index (χ1n) is 9.19. The molecule has 0 spiro atoms. The Bertz CT molecular complexity index is 746. The van der Waals surface area contributed by atoms with Gasteiger partial charge in [0, 0.05) is 37.9 Å². The molecule has 0 bridgehead atoms. The lowest BCUT2D eigenvalue weighted by Crippen LogP contribution is -2.45. The van der Waals surface area contributed by atoms with Gasteiger partial charge in [0.25, 0.3) is 0 Å². The van der Waals surface area contributed by atoms with Crippen molar-refractivity contribution in [2.75, 3.05) is 31.1 Å². The van der Waals surface area contributed by atoms with Gasteiger partial charge in [-0.25, -0.2) is 4.98 Å². The predicted molar refractivity (Wildman–Crippen MR) is 101 cm³/mol. The van der Waals surface area contributed by atoms with Crippen molar-refractivity contribution < 1.29 is 14.7 Å². The Kier molecular flexibility index (Phi) is 6.35. The van der Waals surface area contributed by atoms with Gasteiger partial charge in [-0.3, -0.25) is 14.6 Å². The number of anilines is 1. The third-order valence-corrected chi connectivity index (χ3v) is 4.87. The summed E-state index contributed by atoms with van der Waals surface area (Å²) in [6, 6.07) is 9.81. The minimum Gasteiger partial charge on any atom is -0.480 e. The van der Waals surface area contributed by atoms with Crippen LogP contribution in [0.4, 0.5) is 5.82 Å². The van der Waals surface area contributed by atoms with Gasteiger partial charge in [0.05, 0.1) is 6.20 Å². The molecular formula is C20H24N4O3. The average molecular weight is 368 g/mol. The van der Waals surface area contributed by atoms with Crippen LogP contribution < -0.4 is 4.90 Å². The molecule has 3 rings (SSSR count). The number of hydrogen-bond acceptors (Lipinski definition) is 5. The van der Waals surface area contributed by atoms with Gasteiger partial charge in [-0.05, 0) is 24.8 Å². The summed E-state index contributed by atoms with van der Waals surface area (Å²) >= 11 is 0. The molecule has 0 aliphatic carbocycles. The number of rotatable bonds is 7. The van der Waals surface area contributed by atoms with E-state index < -0.39 is 5.97 Å². The van der Waals surface area contributed by atoms with Crippen molar-refractivity contribution in [1.82, 2.24) is 14.9 Å². The number of carboxylic acids is 1. The molecule has 1 aromatic heterocycles.